The summed E-state index contributed by atoms with van der Waals surface area (Å²) in [6.45, 7) is 8.77. The molecule has 0 saturated carbocycles. The lowest BCUT2D eigenvalue weighted by atomic mass is 10.1. The van der Waals surface area contributed by atoms with Crippen molar-refractivity contribution < 1.29 is 4.79 Å². The third-order valence-corrected chi connectivity index (χ3v) is 3.53. The number of rotatable bonds is 4. The van der Waals surface area contributed by atoms with Gasteiger partial charge in [-0.25, -0.2) is 0 Å². The predicted molar refractivity (Wildman–Crippen MR) is 82.9 cm³/mol. The number of fused-ring (bicyclic) bond motifs is 1. The van der Waals surface area contributed by atoms with Gasteiger partial charge in [0.05, 0.1) is 0 Å². The van der Waals surface area contributed by atoms with Gasteiger partial charge in [-0.3, -0.25) is 4.79 Å². The van der Waals surface area contributed by atoms with Crippen molar-refractivity contribution in [2.24, 2.45) is 0 Å². The molecule has 0 fully saturated rings. The van der Waals surface area contributed by atoms with Crippen LogP contribution in [-0.2, 0) is 11.3 Å². The summed E-state index contributed by atoms with van der Waals surface area (Å²) in [6, 6.07) is 9.07. The van der Waals surface area contributed by atoms with Crippen LogP contribution in [0, 0.1) is 0 Å². The average molecular weight is 275 g/mol. The van der Waals surface area contributed by atoms with Crippen molar-refractivity contribution in [3.63, 3.8) is 0 Å². The first kappa shape index (κ1) is 14.9. The number of amides is 1. The molecule has 1 atom stereocenters. The summed E-state index contributed by atoms with van der Waals surface area (Å²) in [4.78, 5) is 14.1. The number of para-hydroxylation sites is 1. The molecule has 1 aromatic carbocycles. The van der Waals surface area contributed by atoms with Gasteiger partial charge in [0.25, 0.3) is 0 Å². The van der Waals surface area contributed by atoms with E-state index in [0.717, 1.165) is 19.6 Å². The topological polar surface area (TPSA) is 44.4 Å². The van der Waals surface area contributed by atoms with Crippen LogP contribution in [0.3, 0.4) is 0 Å². The Hall–Kier alpha value is -1.55. The van der Waals surface area contributed by atoms with E-state index >= 15 is 0 Å². The number of nitrogens with zero attached hydrogens (tertiary/aromatic N) is 1. The minimum atomic E-state index is 0.127. The number of anilines is 1. The molecule has 2 rings (SSSR count). The molecule has 1 aliphatic heterocycles. The van der Waals surface area contributed by atoms with E-state index in [9.17, 15) is 4.79 Å². The Labute approximate surface area is 121 Å². The summed E-state index contributed by atoms with van der Waals surface area (Å²) in [6.07, 6.45) is 0.541. The smallest absolute Gasteiger partial charge is 0.221 e. The summed E-state index contributed by atoms with van der Waals surface area (Å²) in [5.74, 6) is 0.127. The van der Waals surface area contributed by atoms with Gasteiger partial charge < -0.3 is 15.5 Å². The molecule has 4 heteroatoms. The molecule has 0 saturated heterocycles. The van der Waals surface area contributed by atoms with Gasteiger partial charge in [-0.05, 0) is 32.4 Å². The van der Waals surface area contributed by atoms with E-state index in [4.69, 9.17) is 0 Å². The molecular weight excluding hydrogens is 250 g/mol. The second-order valence-electron chi connectivity index (χ2n) is 5.83. The molecule has 0 spiro atoms. The quantitative estimate of drug-likeness (QED) is 0.882. The number of carbonyl (C=O) groups is 1. The molecule has 1 aliphatic rings. The lowest BCUT2D eigenvalue weighted by Gasteiger charge is -2.26. The van der Waals surface area contributed by atoms with Crippen molar-refractivity contribution in [3.8, 4) is 0 Å². The van der Waals surface area contributed by atoms with E-state index in [1.54, 1.807) is 0 Å². The summed E-state index contributed by atoms with van der Waals surface area (Å²) in [5, 5.41) is 6.46. The molecule has 1 amide bonds. The molecule has 0 bridgehead atoms. The zero-order valence-electron chi connectivity index (χ0n) is 12.6. The van der Waals surface area contributed by atoms with E-state index in [2.05, 4.69) is 46.7 Å². The summed E-state index contributed by atoms with van der Waals surface area (Å²) < 4.78 is 0. The number of carbonyl (C=O) groups excluding carboxylic acids is 1. The maximum atomic E-state index is 11.8. The van der Waals surface area contributed by atoms with Crippen LogP contribution in [-0.4, -0.2) is 31.1 Å². The van der Waals surface area contributed by atoms with Gasteiger partial charge >= 0.3 is 0 Å². The first-order valence-electron chi connectivity index (χ1n) is 7.42. The van der Waals surface area contributed by atoms with Crippen molar-refractivity contribution in [2.75, 3.05) is 18.0 Å². The molecule has 0 radical (unpaired) electrons. The Morgan fingerprint density at radius 2 is 2.20 bits per heavy atom. The normalized spacial score (nSPS) is 18.6. The van der Waals surface area contributed by atoms with Crippen molar-refractivity contribution in [3.05, 3.63) is 29.8 Å². The van der Waals surface area contributed by atoms with E-state index in [1.165, 1.54) is 11.3 Å². The molecular formula is C16H25N3O. The maximum absolute atomic E-state index is 11.8. The zero-order valence-corrected chi connectivity index (χ0v) is 12.6. The Kier molecular flexibility index (Phi) is 5.01. The van der Waals surface area contributed by atoms with Crippen LogP contribution >= 0.6 is 0 Å². The van der Waals surface area contributed by atoms with Crippen LogP contribution in [0.2, 0.25) is 0 Å². The molecule has 0 aliphatic carbocycles. The highest BCUT2D eigenvalue weighted by Gasteiger charge is 2.19. The van der Waals surface area contributed by atoms with Crippen LogP contribution in [0.25, 0.3) is 0 Å². The summed E-state index contributed by atoms with van der Waals surface area (Å²) in [7, 11) is 0. The number of nitrogens with one attached hydrogen (secondary N) is 2. The van der Waals surface area contributed by atoms with Gasteiger partial charge in [0, 0.05) is 43.8 Å². The highest BCUT2D eigenvalue weighted by molar-refractivity contribution is 5.76. The minimum absolute atomic E-state index is 0.127. The zero-order chi connectivity index (χ0) is 14.5. The molecule has 2 N–H and O–H groups in total. The van der Waals surface area contributed by atoms with Gasteiger partial charge in [-0.2, -0.15) is 0 Å². The Morgan fingerprint density at radius 1 is 1.45 bits per heavy atom. The fourth-order valence-electron chi connectivity index (χ4n) is 2.59. The lowest BCUT2D eigenvalue weighted by Crippen LogP contribution is -2.39. The van der Waals surface area contributed by atoms with Gasteiger partial charge in [0.15, 0.2) is 0 Å². The molecule has 1 aromatic rings. The fourth-order valence-corrected chi connectivity index (χ4v) is 2.59. The van der Waals surface area contributed by atoms with Crippen molar-refractivity contribution in [1.82, 2.24) is 10.6 Å². The highest BCUT2D eigenvalue weighted by atomic mass is 16.1. The first-order valence-corrected chi connectivity index (χ1v) is 7.42. The van der Waals surface area contributed by atoms with Crippen molar-refractivity contribution in [2.45, 2.75) is 45.8 Å². The molecule has 20 heavy (non-hydrogen) atoms. The summed E-state index contributed by atoms with van der Waals surface area (Å²) in [5.41, 5.74) is 2.56. The Bertz CT molecular complexity index is 459. The van der Waals surface area contributed by atoms with Crippen LogP contribution in [0.15, 0.2) is 24.3 Å². The second-order valence-corrected chi connectivity index (χ2v) is 5.83. The molecule has 0 aromatic heterocycles. The second kappa shape index (κ2) is 6.75. The van der Waals surface area contributed by atoms with Crippen molar-refractivity contribution >= 4 is 11.6 Å². The van der Waals surface area contributed by atoms with E-state index in [0.29, 0.717) is 12.5 Å². The van der Waals surface area contributed by atoms with Gasteiger partial charge in [0.1, 0.15) is 0 Å². The average Bonchev–Trinajstić information content (AvgIpc) is 2.56. The fraction of sp³-hybridized carbons (Fsp3) is 0.562. The van der Waals surface area contributed by atoms with Crippen LogP contribution in [0.4, 0.5) is 5.69 Å². The maximum Gasteiger partial charge on any atom is 0.221 e. The number of hydrogen-bond acceptors (Lipinski definition) is 3. The third kappa shape index (κ3) is 3.97. The first-order chi connectivity index (χ1) is 9.56. The van der Waals surface area contributed by atoms with Gasteiger partial charge in [-0.15, -0.1) is 0 Å². The SMILES string of the molecule is CC(C)NC(=O)CCN1CC(C)NCc2ccccc21. The van der Waals surface area contributed by atoms with Crippen LogP contribution < -0.4 is 15.5 Å². The molecule has 1 heterocycles. The van der Waals surface area contributed by atoms with E-state index in [1.807, 2.05) is 13.8 Å². The lowest BCUT2D eigenvalue weighted by molar-refractivity contribution is -0.121. The van der Waals surface area contributed by atoms with Gasteiger partial charge in [-0.1, -0.05) is 18.2 Å². The van der Waals surface area contributed by atoms with Crippen LogP contribution in [0.1, 0.15) is 32.8 Å². The van der Waals surface area contributed by atoms with E-state index < -0.39 is 0 Å². The largest absolute Gasteiger partial charge is 0.369 e. The molecule has 110 valence electrons. The standard InChI is InChI=1S/C16H25N3O/c1-12(2)18-16(20)8-9-19-11-13(3)17-10-14-6-4-5-7-15(14)19/h4-7,12-13,17H,8-11H2,1-3H3,(H,18,20). The summed E-state index contributed by atoms with van der Waals surface area (Å²) >= 11 is 0. The molecule has 4 nitrogen and oxygen atoms in total. The van der Waals surface area contributed by atoms with Crippen molar-refractivity contribution in [1.29, 1.82) is 0 Å². The monoisotopic (exact) mass is 275 g/mol. The van der Waals surface area contributed by atoms with Gasteiger partial charge in [0.2, 0.25) is 5.91 Å². The minimum Gasteiger partial charge on any atom is -0.369 e. The number of benzene rings is 1. The van der Waals surface area contributed by atoms with E-state index in [-0.39, 0.29) is 11.9 Å². The number of hydrogen-bond donors (Lipinski definition) is 2. The highest BCUT2D eigenvalue weighted by Crippen LogP contribution is 2.23. The predicted octanol–water partition coefficient (Wildman–Crippen LogP) is 1.90. The Balaban J connectivity index is 2.03. The third-order valence-electron chi connectivity index (χ3n) is 3.53. The van der Waals surface area contributed by atoms with Crippen LogP contribution in [0.5, 0.6) is 0 Å². The Morgan fingerprint density at radius 3 is 2.95 bits per heavy atom. The molecule has 1 unspecified atom stereocenters.